The first kappa shape index (κ1) is 21.7. The molecule has 1 aliphatic rings. The second-order valence-electron chi connectivity index (χ2n) is 7.60. The second kappa shape index (κ2) is 10.1. The number of halogens is 1. The minimum absolute atomic E-state index is 0.0346. The van der Waals surface area contributed by atoms with E-state index in [2.05, 4.69) is 16.0 Å². The molecule has 0 aliphatic carbocycles. The molecule has 0 spiro atoms. The molecule has 6 nitrogen and oxygen atoms in total. The van der Waals surface area contributed by atoms with E-state index in [1.54, 1.807) is 31.4 Å². The number of hydrogen-bond donors (Lipinski definition) is 3. The van der Waals surface area contributed by atoms with Crippen LogP contribution >= 0.6 is 11.6 Å². The highest BCUT2D eigenvalue weighted by Gasteiger charge is 2.34. The molecule has 1 aliphatic heterocycles. The standard InChI is InChI=1S/C20H30ClN3O3/c1-14(2)17(24-18(25)15-4-6-16(21)7-5-15)19(26)23-12-20(13-27-3)8-10-22-11-9-20/h4-7,14,17,22H,8-13H2,1-3H3,(H,23,26)(H,24,25). The van der Waals surface area contributed by atoms with Crippen LogP contribution in [0.15, 0.2) is 24.3 Å². The fourth-order valence-electron chi connectivity index (χ4n) is 3.38. The van der Waals surface area contributed by atoms with Gasteiger partial charge in [-0.3, -0.25) is 9.59 Å². The van der Waals surface area contributed by atoms with E-state index in [0.29, 0.717) is 23.7 Å². The van der Waals surface area contributed by atoms with E-state index in [-0.39, 0.29) is 23.1 Å². The molecular weight excluding hydrogens is 366 g/mol. The highest BCUT2D eigenvalue weighted by molar-refractivity contribution is 6.30. The summed E-state index contributed by atoms with van der Waals surface area (Å²) < 4.78 is 5.40. The summed E-state index contributed by atoms with van der Waals surface area (Å²) in [7, 11) is 1.69. The zero-order valence-electron chi connectivity index (χ0n) is 16.3. The van der Waals surface area contributed by atoms with Crippen molar-refractivity contribution in [3.63, 3.8) is 0 Å². The summed E-state index contributed by atoms with van der Waals surface area (Å²) in [6.07, 6.45) is 1.90. The smallest absolute Gasteiger partial charge is 0.251 e. The Hall–Kier alpha value is -1.63. The third kappa shape index (κ3) is 6.19. The van der Waals surface area contributed by atoms with Crippen LogP contribution in [0.2, 0.25) is 5.02 Å². The number of carbonyl (C=O) groups excluding carboxylic acids is 2. The van der Waals surface area contributed by atoms with Gasteiger partial charge in [0.15, 0.2) is 0 Å². The molecule has 1 aromatic carbocycles. The van der Waals surface area contributed by atoms with Crippen molar-refractivity contribution in [1.29, 1.82) is 0 Å². The minimum Gasteiger partial charge on any atom is -0.384 e. The van der Waals surface area contributed by atoms with Gasteiger partial charge in [0.25, 0.3) is 5.91 Å². The van der Waals surface area contributed by atoms with Gasteiger partial charge in [-0.15, -0.1) is 0 Å². The van der Waals surface area contributed by atoms with Gasteiger partial charge in [-0.2, -0.15) is 0 Å². The van der Waals surface area contributed by atoms with E-state index in [0.717, 1.165) is 25.9 Å². The number of nitrogens with one attached hydrogen (secondary N) is 3. The molecule has 0 saturated carbocycles. The molecule has 1 fully saturated rings. The normalized spacial score (nSPS) is 17.4. The molecule has 0 radical (unpaired) electrons. The maximum atomic E-state index is 12.8. The largest absolute Gasteiger partial charge is 0.384 e. The molecule has 150 valence electrons. The number of ether oxygens (including phenoxy) is 1. The van der Waals surface area contributed by atoms with Crippen molar-refractivity contribution in [3.05, 3.63) is 34.9 Å². The Morgan fingerprint density at radius 2 is 1.85 bits per heavy atom. The van der Waals surface area contributed by atoms with E-state index < -0.39 is 6.04 Å². The number of benzene rings is 1. The van der Waals surface area contributed by atoms with Gasteiger partial charge in [0.2, 0.25) is 5.91 Å². The Morgan fingerprint density at radius 1 is 1.22 bits per heavy atom. The van der Waals surface area contributed by atoms with E-state index in [1.807, 2.05) is 13.8 Å². The Balaban J connectivity index is 1.99. The van der Waals surface area contributed by atoms with Gasteiger partial charge >= 0.3 is 0 Å². The Bertz CT molecular complexity index is 622. The van der Waals surface area contributed by atoms with Crippen LogP contribution in [0.3, 0.4) is 0 Å². The quantitative estimate of drug-likeness (QED) is 0.630. The molecule has 27 heavy (non-hydrogen) atoms. The first-order valence-electron chi connectivity index (χ1n) is 9.41. The minimum atomic E-state index is -0.602. The number of rotatable bonds is 8. The molecule has 2 rings (SSSR count). The average Bonchev–Trinajstić information content (AvgIpc) is 2.65. The van der Waals surface area contributed by atoms with Crippen molar-refractivity contribution >= 4 is 23.4 Å². The van der Waals surface area contributed by atoms with Crippen LogP contribution in [0.25, 0.3) is 0 Å². The van der Waals surface area contributed by atoms with Gasteiger partial charge < -0.3 is 20.7 Å². The topological polar surface area (TPSA) is 79.5 Å². The average molecular weight is 396 g/mol. The van der Waals surface area contributed by atoms with Crippen molar-refractivity contribution in [3.8, 4) is 0 Å². The summed E-state index contributed by atoms with van der Waals surface area (Å²) in [5.41, 5.74) is 0.421. The predicted octanol–water partition coefficient (Wildman–Crippen LogP) is 2.23. The van der Waals surface area contributed by atoms with Crippen molar-refractivity contribution < 1.29 is 14.3 Å². The van der Waals surface area contributed by atoms with Gasteiger partial charge in [0.05, 0.1) is 6.61 Å². The Morgan fingerprint density at radius 3 is 2.41 bits per heavy atom. The molecule has 0 bridgehead atoms. The van der Waals surface area contributed by atoms with Gasteiger partial charge in [0.1, 0.15) is 6.04 Å². The number of methoxy groups -OCH3 is 1. The predicted molar refractivity (Wildman–Crippen MR) is 107 cm³/mol. The summed E-state index contributed by atoms with van der Waals surface area (Å²) >= 11 is 5.87. The second-order valence-corrected chi connectivity index (χ2v) is 8.04. The first-order chi connectivity index (χ1) is 12.9. The van der Waals surface area contributed by atoms with E-state index >= 15 is 0 Å². The first-order valence-corrected chi connectivity index (χ1v) is 9.78. The van der Waals surface area contributed by atoms with Crippen LogP contribution in [0.1, 0.15) is 37.0 Å². The summed E-state index contributed by atoms with van der Waals surface area (Å²) in [4.78, 5) is 25.3. The number of carbonyl (C=O) groups is 2. The lowest BCUT2D eigenvalue weighted by Crippen LogP contribution is -2.53. The molecule has 1 atom stereocenters. The van der Waals surface area contributed by atoms with Crippen molar-refractivity contribution in [1.82, 2.24) is 16.0 Å². The highest BCUT2D eigenvalue weighted by atomic mass is 35.5. The molecule has 7 heteroatoms. The van der Waals surface area contributed by atoms with E-state index in [1.165, 1.54) is 0 Å². The van der Waals surface area contributed by atoms with Crippen LogP contribution in [-0.2, 0) is 9.53 Å². The van der Waals surface area contributed by atoms with Crippen LogP contribution in [0.4, 0.5) is 0 Å². The van der Waals surface area contributed by atoms with E-state index in [9.17, 15) is 9.59 Å². The summed E-state index contributed by atoms with van der Waals surface area (Å²) in [5, 5.41) is 9.79. The Labute approximate surface area is 166 Å². The van der Waals surface area contributed by atoms with Gasteiger partial charge in [0, 0.05) is 29.7 Å². The SMILES string of the molecule is COCC1(CNC(=O)C(NC(=O)c2ccc(Cl)cc2)C(C)C)CCNCC1. The molecule has 1 heterocycles. The fraction of sp³-hybridized carbons (Fsp3) is 0.600. The third-order valence-corrected chi connectivity index (χ3v) is 5.35. The zero-order valence-corrected chi connectivity index (χ0v) is 17.1. The lowest BCUT2D eigenvalue weighted by Gasteiger charge is -2.37. The summed E-state index contributed by atoms with van der Waals surface area (Å²) in [5.74, 6) is -0.483. The molecule has 3 N–H and O–H groups in total. The molecule has 1 aromatic rings. The van der Waals surface area contributed by atoms with Crippen LogP contribution in [0, 0.1) is 11.3 Å². The van der Waals surface area contributed by atoms with Gasteiger partial charge in [-0.1, -0.05) is 25.4 Å². The molecule has 0 aromatic heterocycles. The van der Waals surface area contributed by atoms with Crippen molar-refractivity contribution in [2.24, 2.45) is 11.3 Å². The van der Waals surface area contributed by atoms with Crippen molar-refractivity contribution in [2.45, 2.75) is 32.7 Å². The maximum Gasteiger partial charge on any atom is 0.251 e. The van der Waals surface area contributed by atoms with Crippen LogP contribution in [-0.4, -0.2) is 51.2 Å². The molecule has 1 saturated heterocycles. The molecular formula is C20H30ClN3O3. The fourth-order valence-corrected chi connectivity index (χ4v) is 3.51. The van der Waals surface area contributed by atoms with Gasteiger partial charge in [-0.05, 0) is 56.1 Å². The lowest BCUT2D eigenvalue weighted by molar-refractivity contribution is -0.124. The lowest BCUT2D eigenvalue weighted by atomic mass is 9.79. The van der Waals surface area contributed by atoms with Crippen LogP contribution < -0.4 is 16.0 Å². The third-order valence-electron chi connectivity index (χ3n) is 5.09. The maximum absolute atomic E-state index is 12.8. The number of piperidine rings is 1. The number of hydrogen-bond acceptors (Lipinski definition) is 4. The van der Waals surface area contributed by atoms with E-state index in [4.69, 9.17) is 16.3 Å². The number of amides is 2. The highest BCUT2D eigenvalue weighted by Crippen LogP contribution is 2.28. The molecule has 1 unspecified atom stereocenters. The van der Waals surface area contributed by atoms with Crippen LogP contribution in [0.5, 0.6) is 0 Å². The van der Waals surface area contributed by atoms with Gasteiger partial charge in [-0.25, -0.2) is 0 Å². The summed E-state index contributed by atoms with van der Waals surface area (Å²) in [6, 6.07) is 6.01. The molecule has 2 amide bonds. The Kier molecular flexibility index (Phi) is 8.07. The zero-order chi connectivity index (χ0) is 19.9. The summed E-state index contributed by atoms with van der Waals surface area (Å²) in [6.45, 7) is 6.82. The van der Waals surface area contributed by atoms with Crippen molar-refractivity contribution in [2.75, 3.05) is 33.4 Å². The monoisotopic (exact) mass is 395 g/mol.